The van der Waals surface area contributed by atoms with Crippen molar-refractivity contribution in [2.24, 2.45) is 10.7 Å². The third-order valence-corrected chi connectivity index (χ3v) is 7.59. The van der Waals surface area contributed by atoms with Gasteiger partial charge in [-0.15, -0.1) is 0 Å². The van der Waals surface area contributed by atoms with E-state index in [-0.39, 0.29) is 30.9 Å². The number of pyridine rings is 2. The first-order chi connectivity index (χ1) is 21.2. The van der Waals surface area contributed by atoms with Gasteiger partial charge < -0.3 is 25.8 Å². The first-order valence-corrected chi connectivity index (χ1v) is 13.4. The number of carbonyl (C=O) groups excluding carboxylic acids is 2. The fourth-order valence-electron chi connectivity index (χ4n) is 5.15. The van der Waals surface area contributed by atoms with Crippen molar-refractivity contribution in [1.82, 2.24) is 24.9 Å². The van der Waals surface area contributed by atoms with E-state index < -0.39 is 48.9 Å². The number of carbonyl (C=O) groups is 2. The van der Waals surface area contributed by atoms with Gasteiger partial charge in [0.2, 0.25) is 11.5 Å². The number of alkyl halides is 4. The van der Waals surface area contributed by atoms with Gasteiger partial charge in [0.15, 0.2) is 0 Å². The minimum absolute atomic E-state index is 0.122. The molecule has 13 nitrogen and oxygen atoms in total. The lowest BCUT2D eigenvalue weighted by Crippen LogP contribution is -2.56. The van der Waals surface area contributed by atoms with Crippen LogP contribution in [0, 0.1) is 11.3 Å². The molecule has 0 aliphatic carbocycles. The number of fused-ring (bicyclic) bond motifs is 1. The highest BCUT2D eigenvalue weighted by atomic mass is 19.4. The van der Waals surface area contributed by atoms with Crippen LogP contribution in [0.3, 0.4) is 0 Å². The summed E-state index contributed by atoms with van der Waals surface area (Å²) in [5.74, 6) is -2.50. The lowest BCUT2D eigenvalue weighted by Gasteiger charge is -2.29. The molecule has 1 fully saturated rings. The molecule has 2 aliphatic heterocycles. The van der Waals surface area contributed by atoms with E-state index in [0.717, 1.165) is 0 Å². The number of likely N-dealkylation sites (tertiary alicyclic amines) is 1. The van der Waals surface area contributed by atoms with Gasteiger partial charge in [-0.05, 0) is 25.1 Å². The average molecular weight is 630 g/mol. The number of nitriles is 1. The zero-order valence-corrected chi connectivity index (χ0v) is 24.1. The minimum Gasteiger partial charge on any atom is -0.480 e. The summed E-state index contributed by atoms with van der Waals surface area (Å²) in [5, 5.41) is 23.3. The number of hydrogen-bond acceptors (Lipinski definition) is 10. The summed E-state index contributed by atoms with van der Waals surface area (Å²) in [4.78, 5) is 39.0. The molecule has 5 heterocycles. The molecule has 17 heteroatoms. The predicted molar refractivity (Wildman–Crippen MR) is 151 cm³/mol. The van der Waals surface area contributed by atoms with Gasteiger partial charge in [0.1, 0.15) is 36.0 Å². The van der Waals surface area contributed by atoms with Crippen molar-refractivity contribution in [2.75, 3.05) is 38.9 Å². The molecular weight excluding hydrogens is 602 g/mol. The van der Waals surface area contributed by atoms with E-state index in [1.807, 2.05) is 6.07 Å². The highest BCUT2D eigenvalue weighted by Crippen LogP contribution is 2.36. The number of methoxy groups -OCH3 is 1. The third kappa shape index (κ3) is 5.48. The van der Waals surface area contributed by atoms with Crippen LogP contribution in [0.25, 0.3) is 22.4 Å². The Morgan fingerprint density at radius 3 is 2.58 bits per heavy atom. The van der Waals surface area contributed by atoms with E-state index >= 15 is 0 Å². The lowest BCUT2D eigenvalue weighted by molar-refractivity contribution is -0.249. The summed E-state index contributed by atoms with van der Waals surface area (Å²) in [6.45, 7) is -0.886. The Hall–Kier alpha value is -5.24. The third-order valence-electron chi connectivity index (χ3n) is 7.59. The molecule has 0 bridgehead atoms. The van der Waals surface area contributed by atoms with Gasteiger partial charge in [0, 0.05) is 48.9 Å². The summed E-state index contributed by atoms with van der Waals surface area (Å²) >= 11 is 0. The number of amidine groups is 1. The molecule has 0 saturated carbocycles. The molecule has 3 aromatic heterocycles. The van der Waals surface area contributed by atoms with E-state index in [1.165, 1.54) is 25.6 Å². The zero-order chi connectivity index (χ0) is 32.8. The summed E-state index contributed by atoms with van der Waals surface area (Å²) in [6, 6.07) is 5.49. The number of nitrogens with one attached hydrogen (secondary N) is 1. The van der Waals surface area contributed by atoms with E-state index in [4.69, 9.17) is 10.5 Å². The standard InChI is InChI=1S/C28H27F4N9O4/c1-27(44,28(30,31)32)26(43)40-11-19(29)20(12-40)38-24(42)18-5-16(10-36-25(18)45-3)21-6-17(15-4-14(7-33)8-35-9-15)22-23(34)37-13-39(2)41(21)22/h4-6,8-10,19-20,44H,11-13H2,1-3H3,(H2,34,37)(H,38,42)/t19-,20+,27+/m0/s1. The number of nitrogens with two attached hydrogens (primary N) is 1. The normalized spacial score (nSPS) is 19.3. The molecule has 0 unspecified atom stereocenters. The number of amides is 2. The second kappa shape index (κ2) is 11.4. The van der Waals surface area contributed by atoms with E-state index in [2.05, 4.69) is 20.3 Å². The number of aromatic nitrogens is 3. The first-order valence-electron chi connectivity index (χ1n) is 13.4. The van der Waals surface area contributed by atoms with Gasteiger partial charge in [0.05, 0.1) is 31.0 Å². The summed E-state index contributed by atoms with van der Waals surface area (Å²) in [6.07, 6.45) is -2.79. The van der Waals surface area contributed by atoms with Crippen molar-refractivity contribution >= 4 is 17.6 Å². The largest absolute Gasteiger partial charge is 0.480 e. The molecule has 5 rings (SSSR count). The van der Waals surface area contributed by atoms with Gasteiger partial charge in [-0.2, -0.15) is 18.4 Å². The van der Waals surface area contributed by atoms with Crippen LogP contribution in [0.1, 0.15) is 28.5 Å². The molecule has 0 aromatic carbocycles. The highest BCUT2D eigenvalue weighted by molar-refractivity contribution is 6.05. The second-order valence-electron chi connectivity index (χ2n) is 10.7. The molecule has 45 heavy (non-hydrogen) atoms. The van der Waals surface area contributed by atoms with Gasteiger partial charge in [-0.25, -0.2) is 14.4 Å². The van der Waals surface area contributed by atoms with Crippen LogP contribution in [0.15, 0.2) is 41.8 Å². The zero-order valence-electron chi connectivity index (χ0n) is 24.1. The Bertz CT molecular complexity index is 1750. The Kier molecular flexibility index (Phi) is 7.87. The predicted octanol–water partition coefficient (Wildman–Crippen LogP) is 1.33. The molecular formula is C28H27F4N9O4. The molecule has 1 saturated heterocycles. The highest BCUT2D eigenvalue weighted by Gasteiger charge is 2.58. The van der Waals surface area contributed by atoms with Gasteiger partial charge in [-0.3, -0.25) is 24.3 Å². The van der Waals surface area contributed by atoms with Crippen molar-refractivity contribution in [1.29, 1.82) is 5.26 Å². The monoisotopic (exact) mass is 629 g/mol. The number of aliphatic imine (C=N–C) groups is 1. The van der Waals surface area contributed by atoms with Crippen molar-refractivity contribution in [3.05, 3.63) is 53.6 Å². The maximum absolute atomic E-state index is 14.9. The summed E-state index contributed by atoms with van der Waals surface area (Å²) in [7, 11) is 3.02. The Labute approximate surface area is 253 Å². The molecule has 2 aliphatic rings. The van der Waals surface area contributed by atoms with Crippen molar-refractivity contribution in [3.63, 3.8) is 0 Å². The fraction of sp³-hybridized carbons (Fsp3) is 0.357. The smallest absolute Gasteiger partial charge is 0.426 e. The molecule has 3 atom stereocenters. The maximum Gasteiger partial charge on any atom is 0.426 e. The van der Waals surface area contributed by atoms with Gasteiger partial charge >= 0.3 is 6.18 Å². The van der Waals surface area contributed by atoms with Crippen LogP contribution in [0.4, 0.5) is 17.6 Å². The molecule has 0 spiro atoms. The van der Waals surface area contributed by atoms with Crippen molar-refractivity contribution < 1.29 is 37.0 Å². The van der Waals surface area contributed by atoms with Crippen LogP contribution >= 0.6 is 0 Å². The van der Waals surface area contributed by atoms with Crippen LogP contribution in [0.2, 0.25) is 0 Å². The lowest BCUT2D eigenvalue weighted by atomic mass is 10.0. The SMILES string of the molecule is COc1ncc(-c2cc(-c3cncc(C#N)c3)c3n2N(C)CN=C3N)cc1C(=O)N[C@@H]1CN(C(=O)[C@@](C)(O)C(F)(F)F)C[C@@H]1F. The van der Waals surface area contributed by atoms with E-state index in [0.29, 0.717) is 38.5 Å². The minimum atomic E-state index is -5.28. The summed E-state index contributed by atoms with van der Waals surface area (Å²) in [5.41, 5.74) is 5.36. The molecule has 0 radical (unpaired) electrons. The Morgan fingerprint density at radius 2 is 1.91 bits per heavy atom. The Morgan fingerprint density at radius 1 is 1.18 bits per heavy atom. The number of nitrogens with zero attached hydrogens (tertiary/aromatic N) is 7. The van der Waals surface area contributed by atoms with Crippen LogP contribution in [-0.4, -0.2) is 100 Å². The van der Waals surface area contributed by atoms with E-state index in [1.54, 1.807) is 35.1 Å². The van der Waals surface area contributed by atoms with Crippen LogP contribution < -0.4 is 20.8 Å². The molecule has 2 amide bonds. The van der Waals surface area contributed by atoms with Crippen LogP contribution in [-0.2, 0) is 4.79 Å². The average Bonchev–Trinajstić information content (AvgIpc) is 3.59. The number of aliphatic hydroxyl groups is 1. The van der Waals surface area contributed by atoms with Gasteiger partial charge in [-0.1, -0.05) is 0 Å². The van der Waals surface area contributed by atoms with Gasteiger partial charge in [0.25, 0.3) is 11.8 Å². The number of halogens is 4. The number of rotatable bonds is 6. The fourth-order valence-corrected chi connectivity index (χ4v) is 5.15. The van der Waals surface area contributed by atoms with Crippen molar-refractivity contribution in [3.8, 4) is 34.3 Å². The first kappa shape index (κ1) is 31.2. The second-order valence-corrected chi connectivity index (χ2v) is 10.7. The molecule has 236 valence electrons. The van der Waals surface area contributed by atoms with Crippen LogP contribution in [0.5, 0.6) is 5.88 Å². The molecule has 3 aromatic rings. The van der Waals surface area contributed by atoms with E-state index in [9.17, 15) is 37.5 Å². The number of hydrogen-bond donors (Lipinski definition) is 3. The topological polar surface area (TPSA) is 175 Å². The summed E-state index contributed by atoms with van der Waals surface area (Å²) < 4.78 is 61.5. The maximum atomic E-state index is 14.9. The Balaban J connectivity index is 1.49. The molecule has 4 N–H and O–H groups in total. The quantitative estimate of drug-likeness (QED) is 0.340. The number of ether oxygens (including phenoxy) is 1. The van der Waals surface area contributed by atoms with Crippen molar-refractivity contribution in [2.45, 2.75) is 30.9 Å².